The van der Waals surface area contributed by atoms with Crippen molar-refractivity contribution in [3.05, 3.63) is 64.5 Å². The third-order valence-corrected chi connectivity index (χ3v) is 6.53. The Kier molecular flexibility index (Phi) is 7.58. The van der Waals surface area contributed by atoms with Crippen molar-refractivity contribution in [1.82, 2.24) is 9.88 Å². The number of alkyl halides is 3. The van der Waals surface area contributed by atoms with Crippen LogP contribution in [-0.4, -0.2) is 41.9 Å². The maximum Gasteiger partial charge on any atom is 0.415 e. The van der Waals surface area contributed by atoms with Gasteiger partial charge in [-0.3, -0.25) is 9.88 Å². The van der Waals surface area contributed by atoms with Crippen LogP contribution in [0.15, 0.2) is 36.5 Å². The van der Waals surface area contributed by atoms with E-state index in [1.165, 1.54) is 0 Å². The molecule has 2 atom stereocenters. The average molecular weight is 446 g/mol. The highest BCUT2D eigenvalue weighted by atomic mass is 19.4. The standard InChI is InChI=1S/C25H30F3N3O/c1-4-32-23(25(26,27)28)24(11-9-20-5-7-21(15-29)8-6-20)12-14-31(17-24)16-22-18(2)10-13-30-19(22)3/h5-8,10,13,23H,4,9,11-12,14,16-17H2,1-3H3/t23?,24-/m0/s1. The first-order valence-electron chi connectivity index (χ1n) is 11.0. The number of benzene rings is 1. The maximum atomic E-state index is 14.1. The summed E-state index contributed by atoms with van der Waals surface area (Å²) in [6.07, 6.45) is -3.19. The first-order valence-corrected chi connectivity index (χ1v) is 11.0. The van der Waals surface area contributed by atoms with E-state index in [1.807, 2.05) is 32.0 Å². The van der Waals surface area contributed by atoms with Crippen molar-refractivity contribution in [3.8, 4) is 6.07 Å². The first kappa shape index (κ1) is 24.2. The number of rotatable bonds is 8. The second kappa shape index (κ2) is 10.0. The van der Waals surface area contributed by atoms with Crippen molar-refractivity contribution in [3.63, 3.8) is 0 Å². The lowest BCUT2D eigenvalue weighted by Crippen LogP contribution is -2.49. The van der Waals surface area contributed by atoms with Gasteiger partial charge in [0.25, 0.3) is 0 Å². The molecule has 1 aromatic heterocycles. The largest absolute Gasteiger partial charge is 0.415 e. The highest BCUT2D eigenvalue weighted by Gasteiger charge is 2.56. The topological polar surface area (TPSA) is 49.1 Å². The molecular weight excluding hydrogens is 415 g/mol. The van der Waals surface area contributed by atoms with E-state index in [1.54, 1.807) is 25.3 Å². The molecular formula is C25H30F3N3O. The van der Waals surface area contributed by atoms with Gasteiger partial charge in [0.15, 0.2) is 6.10 Å². The highest BCUT2D eigenvalue weighted by molar-refractivity contribution is 5.32. The molecule has 1 aliphatic rings. The molecule has 0 aliphatic carbocycles. The summed E-state index contributed by atoms with van der Waals surface area (Å²) in [6, 6.07) is 11.1. The normalized spacial score (nSPS) is 20.3. The van der Waals surface area contributed by atoms with Crippen LogP contribution in [0.4, 0.5) is 13.2 Å². The minimum absolute atomic E-state index is 0.0175. The third kappa shape index (κ3) is 5.48. The van der Waals surface area contributed by atoms with E-state index in [0.29, 0.717) is 44.5 Å². The van der Waals surface area contributed by atoms with Crippen molar-refractivity contribution in [2.24, 2.45) is 5.41 Å². The van der Waals surface area contributed by atoms with Crippen LogP contribution in [0, 0.1) is 30.6 Å². The van der Waals surface area contributed by atoms with Gasteiger partial charge >= 0.3 is 6.18 Å². The zero-order valence-corrected chi connectivity index (χ0v) is 18.9. The third-order valence-electron chi connectivity index (χ3n) is 6.53. The van der Waals surface area contributed by atoms with Gasteiger partial charge in [-0.15, -0.1) is 0 Å². The maximum absolute atomic E-state index is 14.1. The molecule has 0 spiro atoms. The molecule has 2 aromatic rings. The smallest absolute Gasteiger partial charge is 0.368 e. The lowest BCUT2D eigenvalue weighted by molar-refractivity contribution is -0.254. The van der Waals surface area contributed by atoms with Crippen LogP contribution < -0.4 is 0 Å². The van der Waals surface area contributed by atoms with E-state index in [2.05, 4.69) is 16.0 Å². The van der Waals surface area contributed by atoms with Gasteiger partial charge in [-0.2, -0.15) is 18.4 Å². The number of aromatic nitrogens is 1. The van der Waals surface area contributed by atoms with Crippen molar-refractivity contribution in [2.75, 3.05) is 19.7 Å². The predicted octanol–water partition coefficient (Wildman–Crippen LogP) is 5.36. The first-order chi connectivity index (χ1) is 15.2. The Balaban J connectivity index is 1.84. The van der Waals surface area contributed by atoms with Crippen LogP contribution in [0.2, 0.25) is 0 Å². The quantitative estimate of drug-likeness (QED) is 0.549. The number of hydrogen-bond acceptors (Lipinski definition) is 4. The van der Waals surface area contributed by atoms with E-state index in [-0.39, 0.29) is 6.61 Å². The molecule has 172 valence electrons. The molecule has 0 bridgehead atoms. The Hall–Kier alpha value is -2.43. The van der Waals surface area contributed by atoms with E-state index in [0.717, 1.165) is 22.4 Å². The predicted molar refractivity (Wildman–Crippen MR) is 117 cm³/mol. The summed E-state index contributed by atoms with van der Waals surface area (Å²) in [6.45, 7) is 7.07. The van der Waals surface area contributed by atoms with Gasteiger partial charge in [0.1, 0.15) is 0 Å². The fourth-order valence-electron chi connectivity index (χ4n) is 4.78. The lowest BCUT2D eigenvalue weighted by atomic mass is 9.75. The minimum atomic E-state index is -4.43. The van der Waals surface area contributed by atoms with Crippen LogP contribution in [0.5, 0.6) is 0 Å². The van der Waals surface area contributed by atoms with Crippen LogP contribution in [0.25, 0.3) is 0 Å². The summed E-state index contributed by atoms with van der Waals surface area (Å²) >= 11 is 0. The van der Waals surface area contributed by atoms with Gasteiger partial charge < -0.3 is 4.74 Å². The fraction of sp³-hybridized carbons (Fsp3) is 0.520. The van der Waals surface area contributed by atoms with Crippen LogP contribution in [0.1, 0.15) is 47.7 Å². The Morgan fingerprint density at radius 1 is 1.22 bits per heavy atom. The Bertz CT molecular complexity index is 932. The number of aryl methyl sites for hydroxylation is 3. The molecule has 1 fully saturated rings. The Labute approximate surface area is 188 Å². The Morgan fingerprint density at radius 3 is 2.53 bits per heavy atom. The molecule has 0 N–H and O–H groups in total. The molecule has 0 radical (unpaired) electrons. The molecule has 3 rings (SSSR count). The van der Waals surface area contributed by atoms with Crippen LogP contribution in [0.3, 0.4) is 0 Å². The summed E-state index contributed by atoms with van der Waals surface area (Å²) < 4.78 is 47.7. The van der Waals surface area contributed by atoms with E-state index in [9.17, 15) is 13.2 Å². The van der Waals surface area contributed by atoms with Gasteiger partial charge in [-0.05, 0) is 81.5 Å². The number of halogens is 3. The molecule has 0 saturated carbocycles. The molecule has 1 aliphatic heterocycles. The Morgan fingerprint density at radius 2 is 1.94 bits per heavy atom. The van der Waals surface area contributed by atoms with E-state index < -0.39 is 17.7 Å². The van der Waals surface area contributed by atoms with Crippen molar-refractivity contribution >= 4 is 0 Å². The number of pyridine rings is 1. The molecule has 4 nitrogen and oxygen atoms in total. The van der Waals surface area contributed by atoms with Gasteiger partial charge in [-0.1, -0.05) is 12.1 Å². The number of nitriles is 1. The summed E-state index contributed by atoms with van der Waals surface area (Å²) in [7, 11) is 0. The van der Waals surface area contributed by atoms with Crippen LogP contribution in [-0.2, 0) is 17.7 Å². The fourth-order valence-corrected chi connectivity index (χ4v) is 4.78. The second-order valence-corrected chi connectivity index (χ2v) is 8.70. The van der Waals surface area contributed by atoms with E-state index >= 15 is 0 Å². The number of nitrogens with zero attached hydrogens (tertiary/aromatic N) is 3. The van der Waals surface area contributed by atoms with Gasteiger partial charge in [-0.25, -0.2) is 0 Å². The van der Waals surface area contributed by atoms with Crippen molar-refractivity contribution in [2.45, 2.75) is 58.9 Å². The van der Waals surface area contributed by atoms with Gasteiger partial charge in [0, 0.05) is 37.0 Å². The van der Waals surface area contributed by atoms with E-state index in [4.69, 9.17) is 10.00 Å². The number of hydrogen-bond donors (Lipinski definition) is 0. The molecule has 0 amide bonds. The molecule has 2 heterocycles. The molecule has 7 heteroatoms. The van der Waals surface area contributed by atoms with Crippen LogP contribution >= 0.6 is 0 Å². The minimum Gasteiger partial charge on any atom is -0.368 e. The number of likely N-dealkylation sites (tertiary alicyclic amines) is 1. The van der Waals surface area contributed by atoms with Gasteiger partial charge in [0.05, 0.1) is 11.6 Å². The van der Waals surface area contributed by atoms with Gasteiger partial charge in [0.2, 0.25) is 0 Å². The zero-order chi connectivity index (χ0) is 23.4. The molecule has 32 heavy (non-hydrogen) atoms. The SMILES string of the molecule is CCOC(C(F)(F)F)[C@@]1(CCc2ccc(C#N)cc2)CCN(Cc2c(C)ccnc2C)C1. The highest BCUT2D eigenvalue weighted by Crippen LogP contribution is 2.46. The molecule has 1 aromatic carbocycles. The average Bonchev–Trinajstić information content (AvgIpc) is 3.16. The summed E-state index contributed by atoms with van der Waals surface area (Å²) in [4.78, 5) is 6.46. The lowest BCUT2D eigenvalue weighted by Gasteiger charge is -2.38. The summed E-state index contributed by atoms with van der Waals surface area (Å²) in [5.74, 6) is 0. The zero-order valence-electron chi connectivity index (χ0n) is 18.9. The van der Waals surface area contributed by atoms with Crippen molar-refractivity contribution < 1.29 is 17.9 Å². The monoisotopic (exact) mass is 445 g/mol. The number of ether oxygens (including phenoxy) is 1. The summed E-state index contributed by atoms with van der Waals surface area (Å²) in [5.41, 5.74) is 3.54. The summed E-state index contributed by atoms with van der Waals surface area (Å²) in [5, 5.41) is 8.98. The van der Waals surface area contributed by atoms with Crippen molar-refractivity contribution in [1.29, 1.82) is 5.26 Å². The molecule has 1 saturated heterocycles. The second-order valence-electron chi connectivity index (χ2n) is 8.70. The molecule has 1 unspecified atom stereocenters.